The molecule has 0 saturated heterocycles. The van der Waals surface area contributed by atoms with E-state index < -0.39 is 12.2 Å². The van der Waals surface area contributed by atoms with Crippen molar-refractivity contribution < 1.29 is 10.2 Å². The maximum Gasteiger partial charge on any atom is 0.105 e. The summed E-state index contributed by atoms with van der Waals surface area (Å²) in [7, 11) is 0. The SMILES string of the molecule is Cc1ccc(C(O)C(O)CCN=[N+]=[N-])cc1Br. The van der Waals surface area contributed by atoms with Crippen LogP contribution in [0.3, 0.4) is 0 Å². The number of aliphatic hydroxyl groups is 2. The van der Waals surface area contributed by atoms with Crippen molar-refractivity contribution in [2.75, 3.05) is 6.54 Å². The maximum absolute atomic E-state index is 9.90. The Hall–Kier alpha value is -1.07. The monoisotopic (exact) mass is 299 g/mol. The van der Waals surface area contributed by atoms with E-state index >= 15 is 0 Å². The van der Waals surface area contributed by atoms with Crippen LogP contribution >= 0.6 is 15.9 Å². The summed E-state index contributed by atoms with van der Waals surface area (Å²) in [6, 6.07) is 5.40. The van der Waals surface area contributed by atoms with Crippen molar-refractivity contribution in [2.45, 2.75) is 25.6 Å². The predicted molar refractivity (Wildman–Crippen MR) is 68.5 cm³/mol. The Morgan fingerprint density at radius 3 is 2.76 bits per heavy atom. The van der Waals surface area contributed by atoms with Crippen molar-refractivity contribution in [2.24, 2.45) is 5.11 Å². The molecule has 0 heterocycles. The number of aliphatic hydroxyl groups excluding tert-OH is 2. The van der Waals surface area contributed by atoms with Gasteiger partial charge in [0, 0.05) is 15.9 Å². The van der Waals surface area contributed by atoms with E-state index in [2.05, 4.69) is 26.0 Å². The summed E-state index contributed by atoms with van der Waals surface area (Å²) >= 11 is 3.37. The largest absolute Gasteiger partial charge is 0.390 e. The summed E-state index contributed by atoms with van der Waals surface area (Å²) in [4.78, 5) is 2.59. The quantitative estimate of drug-likeness (QED) is 0.497. The van der Waals surface area contributed by atoms with Crippen LogP contribution in [0.5, 0.6) is 0 Å². The van der Waals surface area contributed by atoms with Crippen LogP contribution in [0.2, 0.25) is 0 Å². The van der Waals surface area contributed by atoms with E-state index in [0.29, 0.717) is 5.56 Å². The van der Waals surface area contributed by atoms with E-state index in [9.17, 15) is 10.2 Å². The first kappa shape index (κ1) is 14.0. The second-order valence-corrected chi connectivity index (χ2v) is 4.62. The van der Waals surface area contributed by atoms with Crippen LogP contribution in [0.4, 0.5) is 0 Å². The topological polar surface area (TPSA) is 89.2 Å². The summed E-state index contributed by atoms with van der Waals surface area (Å²) < 4.78 is 0.885. The number of hydrogen-bond donors (Lipinski definition) is 2. The smallest absolute Gasteiger partial charge is 0.105 e. The summed E-state index contributed by atoms with van der Waals surface area (Å²) in [6.07, 6.45) is -1.67. The van der Waals surface area contributed by atoms with Gasteiger partial charge in [-0.3, -0.25) is 0 Å². The van der Waals surface area contributed by atoms with Gasteiger partial charge in [-0.05, 0) is 36.1 Å². The van der Waals surface area contributed by atoms with Crippen molar-refractivity contribution in [1.82, 2.24) is 0 Å². The van der Waals surface area contributed by atoms with Crippen molar-refractivity contribution in [1.29, 1.82) is 0 Å². The molecular formula is C11H14BrN3O2. The third-order valence-corrected chi connectivity index (χ3v) is 3.34. The third kappa shape index (κ3) is 4.02. The number of azide groups is 1. The molecule has 0 saturated carbocycles. The van der Waals surface area contributed by atoms with E-state index in [4.69, 9.17) is 5.53 Å². The standard InChI is InChI=1S/C11H14BrN3O2/c1-7-2-3-8(6-9(7)12)11(17)10(16)4-5-14-15-13/h2-3,6,10-11,16-17H,4-5H2,1H3. The van der Waals surface area contributed by atoms with Crippen molar-refractivity contribution in [3.63, 3.8) is 0 Å². The zero-order chi connectivity index (χ0) is 12.8. The molecule has 1 aromatic rings. The Kier molecular flexibility index (Phi) is 5.44. The lowest BCUT2D eigenvalue weighted by atomic mass is 10.0. The van der Waals surface area contributed by atoms with Gasteiger partial charge < -0.3 is 10.2 Å². The van der Waals surface area contributed by atoms with Gasteiger partial charge in [0.05, 0.1) is 6.10 Å². The number of aryl methyl sites for hydroxylation is 1. The van der Waals surface area contributed by atoms with Crippen molar-refractivity contribution >= 4 is 15.9 Å². The number of halogens is 1. The van der Waals surface area contributed by atoms with Crippen molar-refractivity contribution in [3.05, 3.63) is 44.2 Å². The molecule has 17 heavy (non-hydrogen) atoms. The molecule has 0 aliphatic rings. The van der Waals surface area contributed by atoms with Crippen LogP contribution in [0.1, 0.15) is 23.7 Å². The number of hydrogen-bond acceptors (Lipinski definition) is 3. The first-order valence-corrected chi connectivity index (χ1v) is 5.98. The highest BCUT2D eigenvalue weighted by molar-refractivity contribution is 9.10. The van der Waals surface area contributed by atoms with E-state index in [-0.39, 0.29) is 13.0 Å². The van der Waals surface area contributed by atoms with E-state index in [0.717, 1.165) is 10.0 Å². The van der Waals surface area contributed by atoms with Gasteiger partial charge in [-0.2, -0.15) is 0 Å². The molecule has 2 N–H and O–H groups in total. The normalized spacial score (nSPS) is 13.9. The molecule has 5 nitrogen and oxygen atoms in total. The molecule has 0 radical (unpaired) electrons. The molecule has 1 aromatic carbocycles. The minimum Gasteiger partial charge on any atom is -0.390 e. The molecule has 0 aliphatic heterocycles. The van der Waals surface area contributed by atoms with Gasteiger partial charge in [-0.1, -0.05) is 33.2 Å². The molecule has 6 heteroatoms. The molecule has 2 unspecified atom stereocenters. The van der Waals surface area contributed by atoms with Crippen LogP contribution < -0.4 is 0 Å². The van der Waals surface area contributed by atoms with Crippen LogP contribution in [0.25, 0.3) is 10.4 Å². The second kappa shape index (κ2) is 6.61. The van der Waals surface area contributed by atoms with Gasteiger partial charge in [0.1, 0.15) is 6.10 Å². The average molecular weight is 300 g/mol. The Labute approximate surface area is 108 Å². The molecule has 2 atom stereocenters. The molecule has 1 rings (SSSR count). The second-order valence-electron chi connectivity index (χ2n) is 3.76. The van der Waals surface area contributed by atoms with Gasteiger partial charge in [0.15, 0.2) is 0 Å². The fraction of sp³-hybridized carbons (Fsp3) is 0.455. The minimum absolute atomic E-state index is 0.168. The minimum atomic E-state index is -0.971. The predicted octanol–water partition coefficient (Wildman–Crippen LogP) is 2.85. The zero-order valence-electron chi connectivity index (χ0n) is 9.41. The van der Waals surface area contributed by atoms with Crippen LogP contribution in [-0.2, 0) is 0 Å². The van der Waals surface area contributed by atoms with E-state index in [1.54, 1.807) is 12.1 Å². The number of benzene rings is 1. The molecule has 0 aliphatic carbocycles. The Morgan fingerprint density at radius 1 is 1.47 bits per heavy atom. The molecular weight excluding hydrogens is 286 g/mol. The molecule has 0 spiro atoms. The first-order valence-electron chi connectivity index (χ1n) is 5.19. The van der Waals surface area contributed by atoms with Gasteiger partial charge in [0.25, 0.3) is 0 Å². The Balaban J connectivity index is 2.70. The maximum atomic E-state index is 9.90. The highest BCUT2D eigenvalue weighted by atomic mass is 79.9. The summed E-state index contributed by atoms with van der Waals surface area (Å²) in [6.45, 7) is 2.11. The summed E-state index contributed by atoms with van der Waals surface area (Å²) in [5.41, 5.74) is 9.80. The number of nitrogens with zero attached hydrogens (tertiary/aromatic N) is 3. The Morgan fingerprint density at radius 2 is 2.18 bits per heavy atom. The zero-order valence-corrected chi connectivity index (χ0v) is 11.0. The summed E-state index contributed by atoms with van der Waals surface area (Å²) in [5.74, 6) is 0. The lowest BCUT2D eigenvalue weighted by molar-refractivity contribution is 0.0150. The molecule has 0 bridgehead atoms. The molecule has 92 valence electrons. The van der Waals surface area contributed by atoms with E-state index in [1.165, 1.54) is 0 Å². The summed E-state index contributed by atoms with van der Waals surface area (Å²) in [5, 5.41) is 22.9. The van der Waals surface area contributed by atoms with E-state index in [1.807, 2.05) is 13.0 Å². The fourth-order valence-electron chi connectivity index (χ4n) is 1.41. The third-order valence-electron chi connectivity index (χ3n) is 2.49. The van der Waals surface area contributed by atoms with Crippen LogP contribution in [0, 0.1) is 6.92 Å². The molecule has 0 fully saturated rings. The van der Waals surface area contributed by atoms with Gasteiger partial charge in [-0.15, -0.1) is 0 Å². The van der Waals surface area contributed by atoms with Gasteiger partial charge >= 0.3 is 0 Å². The lowest BCUT2D eigenvalue weighted by Crippen LogP contribution is -2.19. The first-order chi connectivity index (χ1) is 8.06. The Bertz CT molecular complexity index is 433. The van der Waals surface area contributed by atoms with Gasteiger partial charge in [-0.25, -0.2) is 0 Å². The number of rotatable bonds is 5. The van der Waals surface area contributed by atoms with Crippen molar-refractivity contribution in [3.8, 4) is 0 Å². The van der Waals surface area contributed by atoms with Gasteiger partial charge in [0.2, 0.25) is 0 Å². The highest BCUT2D eigenvalue weighted by Gasteiger charge is 2.18. The fourth-order valence-corrected chi connectivity index (χ4v) is 1.80. The van der Waals surface area contributed by atoms with Crippen LogP contribution in [0.15, 0.2) is 27.8 Å². The molecule has 0 aromatic heterocycles. The lowest BCUT2D eigenvalue weighted by Gasteiger charge is -2.18. The average Bonchev–Trinajstić information content (AvgIpc) is 2.32. The highest BCUT2D eigenvalue weighted by Crippen LogP contribution is 2.24. The molecule has 0 amide bonds. The van der Waals surface area contributed by atoms with Crippen LogP contribution in [-0.4, -0.2) is 22.9 Å².